The molecule has 0 aromatic carbocycles. The van der Waals surface area contributed by atoms with Crippen LogP contribution in [0.5, 0.6) is 0 Å². The minimum atomic E-state index is -0.561. The van der Waals surface area contributed by atoms with Crippen LogP contribution in [0, 0.1) is 0 Å². The maximum absolute atomic E-state index is 10.6. The minimum Gasteiger partial charge on any atom is -0.453 e. The molecule has 12 heavy (non-hydrogen) atoms. The lowest BCUT2D eigenvalue weighted by Crippen LogP contribution is -2.28. The summed E-state index contributed by atoms with van der Waals surface area (Å²) in [5, 5.41) is 2.34. The van der Waals surface area contributed by atoms with Crippen molar-refractivity contribution in [2.24, 2.45) is 4.99 Å². The molecule has 0 radical (unpaired) electrons. The average molecular weight is 176 g/mol. The summed E-state index contributed by atoms with van der Waals surface area (Å²) in [5.74, 6) is 0.402. The lowest BCUT2D eigenvalue weighted by molar-refractivity contribution is -0.270. The standard InChI is InChI=1S/C6H12N2O4/c1-5(7-4-12-11-3)8-6(9)10-2/h4H2,1-3H3,(H,7,8,9). The number of ether oxygens (including phenoxy) is 1. The van der Waals surface area contributed by atoms with Crippen molar-refractivity contribution in [3.63, 3.8) is 0 Å². The molecule has 0 saturated carbocycles. The van der Waals surface area contributed by atoms with Gasteiger partial charge in [0.1, 0.15) is 5.84 Å². The van der Waals surface area contributed by atoms with Crippen LogP contribution in [0.3, 0.4) is 0 Å². The van der Waals surface area contributed by atoms with E-state index in [1.807, 2.05) is 0 Å². The Balaban J connectivity index is 3.62. The zero-order chi connectivity index (χ0) is 9.40. The van der Waals surface area contributed by atoms with E-state index < -0.39 is 6.09 Å². The number of nitrogens with one attached hydrogen (secondary N) is 1. The Morgan fingerprint density at radius 1 is 1.50 bits per heavy atom. The number of carbonyl (C=O) groups excluding carboxylic acids is 1. The Kier molecular flexibility index (Phi) is 5.94. The van der Waals surface area contributed by atoms with Crippen molar-refractivity contribution < 1.29 is 19.3 Å². The van der Waals surface area contributed by atoms with Gasteiger partial charge in [-0.15, -0.1) is 0 Å². The summed E-state index contributed by atoms with van der Waals surface area (Å²) >= 11 is 0. The SMILES string of the molecule is COOCN=C(C)NC(=O)OC. The third-order valence-electron chi connectivity index (χ3n) is 0.941. The van der Waals surface area contributed by atoms with E-state index in [2.05, 4.69) is 24.8 Å². The van der Waals surface area contributed by atoms with Gasteiger partial charge in [0.2, 0.25) is 0 Å². The van der Waals surface area contributed by atoms with E-state index >= 15 is 0 Å². The molecular weight excluding hydrogens is 164 g/mol. The van der Waals surface area contributed by atoms with Crippen LogP contribution in [-0.2, 0) is 14.5 Å². The summed E-state index contributed by atoms with van der Waals surface area (Å²) in [4.78, 5) is 23.0. The average Bonchev–Trinajstić information content (AvgIpc) is 2.05. The second kappa shape index (κ2) is 6.56. The van der Waals surface area contributed by atoms with Crippen molar-refractivity contribution in [3.8, 4) is 0 Å². The van der Waals surface area contributed by atoms with Gasteiger partial charge in [0, 0.05) is 0 Å². The van der Waals surface area contributed by atoms with Gasteiger partial charge in [-0.25, -0.2) is 19.6 Å². The summed E-state index contributed by atoms with van der Waals surface area (Å²) in [6.45, 7) is 1.64. The smallest absolute Gasteiger partial charge is 0.412 e. The first-order valence-electron chi connectivity index (χ1n) is 3.22. The number of alkyl carbamates (subject to hydrolysis) is 1. The van der Waals surface area contributed by atoms with E-state index in [0.29, 0.717) is 5.84 Å². The fourth-order valence-electron chi connectivity index (χ4n) is 0.414. The Bertz CT molecular complexity index is 169. The molecule has 6 heteroatoms. The fraction of sp³-hybridized carbons (Fsp3) is 0.667. The van der Waals surface area contributed by atoms with Gasteiger partial charge in [0.05, 0.1) is 14.2 Å². The quantitative estimate of drug-likeness (QED) is 0.221. The highest BCUT2D eigenvalue weighted by atomic mass is 17.2. The second-order valence-corrected chi connectivity index (χ2v) is 1.77. The number of hydrogen-bond acceptors (Lipinski definition) is 5. The lowest BCUT2D eigenvalue weighted by atomic mass is 10.7. The molecule has 0 saturated heterocycles. The van der Waals surface area contributed by atoms with Crippen molar-refractivity contribution in [2.45, 2.75) is 6.92 Å². The normalized spacial score (nSPS) is 11.1. The summed E-state index contributed by atoms with van der Waals surface area (Å²) in [6.07, 6.45) is -0.561. The van der Waals surface area contributed by atoms with Gasteiger partial charge in [0.25, 0.3) is 0 Å². The highest BCUT2D eigenvalue weighted by molar-refractivity contribution is 5.93. The topological polar surface area (TPSA) is 69.2 Å². The molecule has 0 atom stereocenters. The third-order valence-corrected chi connectivity index (χ3v) is 0.941. The summed E-state index contributed by atoms with van der Waals surface area (Å²) < 4.78 is 4.32. The van der Waals surface area contributed by atoms with Crippen LogP contribution in [0.2, 0.25) is 0 Å². The second-order valence-electron chi connectivity index (χ2n) is 1.77. The molecule has 0 heterocycles. The predicted octanol–water partition coefficient (Wildman–Crippen LogP) is 0.296. The van der Waals surface area contributed by atoms with Gasteiger partial charge < -0.3 is 4.74 Å². The first kappa shape index (κ1) is 10.9. The van der Waals surface area contributed by atoms with Gasteiger partial charge in [-0.2, -0.15) is 0 Å². The highest BCUT2D eigenvalue weighted by Crippen LogP contribution is 1.79. The lowest BCUT2D eigenvalue weighted by Gasteiger charge is -2.01. The molecule has 0 rings (SSSR count). The van der Waals surface area contributed by atoms with Crippen LogP contribution in [-0.4, -0.2) is 32.9 Å². The molecule has 6 nitrogen and oxygen atoms in total. The van der Waals surface area contributed by atoms with Crippen molar-refractivity contribution in [1.82, 2.24) is 5.32 Å². The number of carbonyl (C=O) groups is 1. The van der Waals surface area contributed by atoms with Crippen LogP contribution in [0.1, 0.15) is 6.92 Å². The van der Waals surface area contributed by atoms with E-state index in [1.54, 1.807) is 6.92 Å². The Hall–Kier alpha value is -1.14. The molecule has 0 aliphatic rings. The molecule has 1 N–H and O–H groups in total. The monoisotopic (exact) mass is 176 g/mol. The fourth-order valence-corrected chi connectivity index (χ4v) is 0.414. The van der Waals surface area contributed by atoms with Crippen LogP contribution < -0.4 is 5.32 Å². The van der Waals surface area contributed by atoms with Gasteiger partial charge in [-0.1, -0.05) is 0 Å². The molecule has 0 aromatic heterocycles. The number of aliphatic imine (C=N–C) groups is 1. The van der Waals surface area contributed by atoms with E-state index in [0.717, 1.165) is 0 Å². The number of amidine groups is 1. The first-order valence-corrected chi connectivity index (χ1v) is 3.22. The maximum Gasteiger partial charge on any atom is 0.412 e. The molecule has 0 aliphatic heterocycles. The van der Waals surface area contributed by atoms with Gasteiger partial charge in [-0.05, 0) is 6.92 Å². The van der Waals surface area contributed by atoms with Gasteiger partial charge >= 0.3 is 6.09 Å². The Morgan fingerprint density at radius 3 is 2.67 bits per heavy atom. The van der Waals surface area contributed by atoms with Crippen molar-refractivity contribution in [2.75, 3.05) is 21.0 Å². The Labute approximate surface area is 70.4 Å². The summed E-state index contributed by atoms with van der Waals surface area (Å²) in [7, 11) is 2.65. The van der Waals surface area contributed by atoms with Crippen LogP contribution in [0.25, 0.3) is 0 Å². The summed E-state index contributed by atoms with van der Waals surface area (Å²) in [6, 6.07) is 0. The third kappa shape index (κ3) is 5.63. The molecule has 1 amide bonds. The van der Waals surface area contributed by atoms with Crippen molar-refractivity contribution >= 4 is 11.9 Å². The molecule has 0 spiro atoms. The van der Waals surface area contributed by atoms with Crippen LogP contribution in [0.4, 0.5) is 4.79 Å². The minimum absolute atomic E-state index is 0.0341. The molecule has 0 fully saturated rings. The largest absolute Gasteiger partial charge is 0.453 e. The zero-order valence-electron chi connectivity index (χ0n) is 7.29. The highest BCUT2D eigenvalue weighted by Gasteiger charge is 1.98. The van der Waals surface area contributed by atoms with Gasteiger partial charge in [-0.3, -0.25) is 5.32 Å². The van der Waals surface area contributed by atoms with E-state index in [1.165, 1.54) is 14.2 Å². The van der Waals surface area contributed by atoms with Crippen molar-refractivity contribution in [3.05, 3.63) is 0 Å². The Morgan fingerprint density at radius 2 is 2.17 bits per heavy atom. The predicted molar refractivity (Wildman–Crippen MR) is 41.6 cm³/mol. The number of rotatable bonds is 3. The summed E-state index contributed by atoms with van der Waals surface area (Å²) in [5.41, 5.74) is 0. The molecule has 0 unspecified atom stereocenters. The number of hydrogen-bond donors (Lipinski definition) is 1. The van der Waals surface area contributed by atoms with Gasteiger partial charge in [0.15, 0.2) is 6.73 Å². The molecule has 0 bridgehead atoms. The van der Waals surface area contributed by atoms with E-state index in [-0.39, 0.29) is 6.73 Å². The molecular formula is C6H12N2O4. The number of methoxy groups -OCH3 is 1. The maximum atomic E-state index is 10.6. The van der Waals surface area contributed by atoms with E-state index in [4.69, 9.17) is 0 Å². The van der Waals surface area contributed by atoms with E-state index in [9.17, 15) is 4.79 Å². The first-order chi connectivity index (χ1) is 5.70. The number of amides is 1. The zero-order valence-corrected chi connectivity index (χ0v) is 7.29. The van der Waals surface area contributed by atoms with Crippen molar-refractivity contribution in [1.29, 1.82) is 0 Å². The van der Waals surface area contributed by atoms with Crippen LogP contribution in [0.15, 0.2) is 4.99 Å². The number of nitrogens with zero attached hydrogens (tertiary/aromatic N) is 1. The molecule has 0 aliphatic carbocycles. The molecule has 70 valence electrons. The molecule has 0 aromatic rings. The van der Waals surface area contributed by atoms with Crippen LogP contribution >= 0.6 is 0 Å².